The number of rotatable bonds is 6. The number of nitrogens with zero attached hydrogens (tertiary/aromatic N) is 1. The first-order valence-electron chi connectivity index (χ1n) is 7.55. The number of halogens is 2. The van der Waals surface area contributed by atoms with Crippen molar-refractivity contribution in [3.8, 4) is 0 Å². The number of piperidine rings is 1. The van der Waals surface area contributed by atoms with Gasteiger partial charge < -0.3 is 5.32 Å². The molecule has 0 aromatic heterocycles. The Morgan fingerprint density at radius 3 is 2.71 bits per heavy atom. The van der Waals surface area contributed by atoms with Crippen LogP contribution in [0.4, 0.5) is 8.78 Å². The molecule has 1 aromatic rings. The largest absolute Gasteiger partial charge is 0.317 e. The van der Waals surface area contributed by atoms with Crippen molar-refractivity contribution in [2.45, 2.75) is 32.2 Å². The van der Waals surface area contributed by atoms with Gasteiger partial charge >= 0.3 is 0 Å². The smallest absolute Gasteiger partial charge is 0.179 e. The minimum Gasteiger partial charge on any atom is -0.317 e. The molecule has 0 bridgehead atoms. The minimum atomic E-state index is -0.650. The topological polar surface area (TPSA) is 32.3 Å². The maximum Gasteiger partial charge on any atom is 0.179 e. The molecular weight excluding hydrogens is 274 g/mol. The average Bonchev–Trinajstić information content (AvgIpc) is 2.50. The predicted molar refractivity (Wildman–Crippen MR) is 78.4 cm³/mol. The zero-order chi connectivity index (χ0) is 15.2. The number of carbonyl (C=O) groups excluding carboxylic acids is 1. The van der Waals surface area contributed by atoms with Crippen molar-refractivity contribution in [3.05, 3.63) is 35.4 Å². The summed E-state index contributed by atoms with van der Waals surface area (Å²) in [5.74, 6) is -1.58. The molecular formula is C16H22F2N2O. The fourth-order valence-corrected chi connectivity index (χ4v) is 2.83. The summed E-state index contributed by atoms with van der Waals surface area (Å²) in [6.07, 6.45) is 2.90. The van der Waals surface area contributed by atoms with Gasteiger partial charge in [0, 0.05) is 6.04 Å². The van der Waals surface area contributed by atoms with Crippen LogP contribution >= 0.6 is 0 Å². The predicted octanol–water partition coefficient (Wildman–Crippen LogP) is 2.61. The fourth-order valence-electron chi connectivity index (χ4n) is 2.83. The molecule has 0 unspecified atom stereocenters. The number of hydrogen-bond donors (Lipinski definition) is 1. The van der Waals surface area contributed by atoms with Gasteiger partial charge in [-0.3, -0.25) is 9.69 Å². The number of benzene rings is 1. The highest BCUT2D eigenvalue weighted by Crippen LogP contribution is 2.16. The van der Waals surface area contributed by atoms with E-state index in [1.54, 1.807) is 0 Å². The Hall–Kier alpha value is -1.33. The molecule has 0 amide bonds. The van der Waals surface area contributed by atoms with Crippen LogP contribution < -0.4 is 5.32 Å². The van der Waals surface area contributed by atoms with Gasteiger partial charge in [-0.15, -0.1) is 0 Å². The lowest BCUT2D eigenvalue weighted by molar-refractivity contribution is 0.0860. The van der Waals surface area contributed by atoms with Crippen LogP contribution in [0.5, 0.6) is 0 Å². The molecule has 1 aliphatic heterocycles. The van der Waals surface area contributed by atoms with Crippen molar-refractivity contribution >= 4 is 5.78 Å². The second-order valence-electron chi connectivity index (χ2n) is 5.50. The molecule has 116 valence electrons. The van der Waals surface area contributed by atoms with Crippen molar-refractivity contribution in [2.24, 2.45) is 0 Å². The molecule has 0 spiro atoms. The fraction of sp³-hybridized carbons (Fsp3) is 0.562. The van der Waals surface area contributed by atoms with Crippen molar-refractivity contribution < 1.29 is 13.6 Å². The molecule has 1 saturated heterocycles. The van der Waals surface area contributed by atoms with Gasteiger partial charge in [-0.25, -0.2) is 8.78 Å². The highest BCUT2D eigenvalue weighted by molar-refractivity contribution is 5.97. The molecule has 21 heavy (non-hydrogen) atoms. The summed E-state index contributed by atoms with van der Waals surface area (Å²) in [5, 5.41) is 3.29. The number of ketones is 1. The van der Waals surface area contributed by atoms with Crippen LogP contribution in [0.2, 0.25) is 0 Å². The molecule has 2 rings (SSSR count). The molecule has 5 heteroatoms. The Morgan fingerprint density at radius 1 is 1.33 bits per heavy atom. The normalized spacial score (nSPS) is 16.4. The molecule has 1 aliphatic rings. The van der Waals surface area contributed by atoms with Crippen LogP contribution in [0.15, 0.2) is 18.2 Å². The minimum absolute atomic E-state index is 0.148. The molecule has 1 aromatic carbocycles. The summed E-state index contributed by atoms with van der Waals surface area (Å²) >= 11 is 0. The van der Waals surface area contributed by atoms with Gasteiger partial charge in [0.15, 0.2) is 5.78 Å². The van der Waals surface area contributed by atoms with Crippen LogP contribution in [-0.2, 0) is 0 Å². The number of carbonyl (C=O) groups is 1. The zero-order valence-corrected chi connectivity index (χ0v) is 12.4. The van der Waals surface area contributed by atoms with Crippen molar-refractivity contribution in [3.63, 3.8) is 0 Å². The molecule has 1 heterocycles. The van der Waals surface area contributed by atoms with E-state index in [0.717, 1.165) is 57.1 Å². The summed E-state index contributed by atoms with van der Waals surface area (Å²) in [6.45, 7) is 4.88. The standard InChI is InChI=1S/C16H22F2N2O/c1-2-9-20(13-5-7-19-8-6-13)11-16(21)14-10-12(17)3-4-15(14)18/h3-4,10,13,19H,2,5-9,11H2,1H3. The lowest BCUT2D eigenvalue weighted by Gasteiger charge is -2.34. The quantitative estimate of drug-likeness (QED) is 0.819. The summed E-state index contributed by atoms with van der Waals surface area (Å²) in [7, 11) is 0. The van der Waals surface area contributed by atoms with Gasteiger partial charge in [-0.2, -0.15) is 0 Å². The second kappa shape index (κ2) is 7.61. The molecule has 0 atom stereocenters. The summed E-state index contributed by atoms with van der Waals surface area (Å²) < 4.78 is 26.9. The van der Waals surface area contributed by atoms with Gasteiger partial charge in [0.1, 0.15) is 11.6 Å². The van der Waals surface area contributed by atoms with Crippen LogP contribution in [-0.4, -0.2) is 42.9 Å². The highest BCUT2D eigenvalue weighted by Gasteiger charge is 2.24. The van der Waals surface area contributed by atoms with E-state index in [2.05, 4.69) is 17.1 Å². The third-order valence-corrected chi connectivity index (χ3v) is 3.91. The van der Waals surface area contributed by atoms with E-state index in [4.69, 9.17) is 0 Å². The van der Waals surface area contributed by atoms with Crippen molar-refractivity contribution in [1.82, 2.24) is 10.2 Å². The van der Waals surface area contributed by atoms with Crippen molar-refractivity contribution in [1.29, 1.82) is 0 Å². The van der Waals surface area contributed by atoms with Crippen LogP contribution in [0.25, 0.3) is 0 Å². The molecule has 0 radical (unpaired) electrons. The Balaban J connectivity index is 2.08. The maximum absolute atomic E-state index is 13.7. The third kappa shape index (κ3) is 4.32. The first kappa shape index (κ1) is 16.0. The van der Waals surface area contributed by atoms with E-state index in [1.807, 2.05) is 0 Å². The molecule has 0 saturated carbocycles. The SMILES string of the molecule is CCCN(CC(=O)c1cc(F)ccc1F)C1CCNCC1. The Bertz CT molecular complexity index is 487. The summed E-state index contributed by atoms with van der Waals surface area (Å²) in [4.78, 5) is 14.4. The van der Waals surface area contributed by atoms with Gasteiger partial charge in [0.05, 0.1) is 12.1 Å². The van der Waals surface area contributed by atoms with Crippen LogP contribution in [0, 0.1) is 11.6 Å². The number of hydrogen-bond acceptors (Lipinski definition) is 3. The molecule has 1 fully saturated rings. The van der Waals surface area contributed by atoms with E-state index < -0.39 is 11.6 Å². The first-order chi connectivity index (χ1) is 10.1. The molecule has 1 N–H and O–H groups in total. The first-order valence-corrected chi connectivity index (χ1v) is 7.55. The van der Waals surface area contributed by atoms with Crippen LogP contribution in [0.1, 0.15) is 36.5 Å². The van der Waals surface area contributed by atoms with Gasteiger partial charge in [-0.05, 0) is 57.1 Å². The Kier molecular flexibility index (Phi) is 5.82. The van der Waals surface area contributed by atoms with Crippen LogP contribution in [0.3, 0.4) is 0 Å². The third-order valence-electron chi connectivity index (χ3n) is 3.91. The maximum atomic E-state index is 13.7. The summed E-state index contributed by atoms with van der Waals surface area (Å²) in [5.41, 5.74) is -0.148. The Morgan fingerprint density at radius 2 is 2.05 bits per heavy atom. The van der Waals surface area contributed by atoms with Crippen molar-refractivity contribution in [2.75, 3.05) is 26.2 Å². The van der Waals surface area contributed by atoms with Gasteiger partial charge in [0.2, 0.25) is 0 Å². The number of nitrogens with one attached hydrogen (secondary N) is 1. The number of Topliss-reactive ketones (excluding diaryl/α,β-unsaturated/α-hetero) is 1. The highest BCUT2D eigenvalue weighted by atomic mass is 19.1. The van der Waals surface area contributed by atoms with E-state index in [9.17, 15) is 13.6 Å². The molecule has 0 aliphatic carbocycles. The monoisotopic (exact) mass is 296 g/mol. The second-order valence-corrected chi connectivity index (χ2v) is 5.50. The van der Waals surface area contributed by atoms with E-state index in [0.29, 0.717) is 6.04 Å². The summed E-state index contributed by atoms with van der Waals surface area (Å²) in [6, 6.07) is 3.37. The van der Waals surface area contributed by atoms with E-state index >= 15 is 0 Å². The molecule has 3 nitrogen and oxygen atoms in total. The zero-order valence-electron chi connectivity index (χ0n) is 12.4. The van der Waals surface area contributed by atoms with E-state index in [1.165, 1.54) is 0 Å². The lowest BCUT2D eigenvalue weighted by Crippen LogP contribution is -2.45. The van der Waals surface area contributed by atoms with E-state index in [-0.39, 0.29) is 17.9 Å². The Labute approximate surface area is 124 Å². The average molecular weight is 296 g/mol. The lowest BCUT2D eigenvalue weighted by atomic mass is 10.0. The van der Waals surface area contributed by atoms with Gasteiger partial charge in [-0.1, -0.05) is 6.92 Å². The van der Waals surface area contributed by atoms with Gasteiger partial charge in [0.25, 0.3) is 0 Å².